The third-order valence-corrected chi connectivity index (χ3v) is 1.89. The van der Waals surface area contributed by atoms with Crippen molar-refractivity contribution >= 4 is 17.5 Å². The fourth-order valence-electron chi connectivity index (χ4n) is 1.06. The molecule has 0 heterocycles. The monoisotopic (exact) mass is 207 g/mol. The number of alkyl halides is 1. The summed E-state index contributed by atoms with van der Waals surface area (Å²) in [5, 5.41) is 2.87. The molecule has 1 atom stereocenters. The minimum atomic E-state index is 0.0570. The number of methoxy groups -OCH3 is 1. The summed E-state index contributed by atoms with van der Waals surface area (Å²) in [4.78, 5) is 11.2. The van der Waals surface area contributed by atoms with Gasteiger partial charge in [-0.05, 0) is 12.8 Å². The van der Waals surface area contributed by atoms with Gasteiger partial charge < -0.3 is 10.1 Å². The number of hydrogen-bond donors (Lipinski definition) is 1. The van der Waals surface area contributed by atoms with Gasteiger partial charge in [0.05, 0.1) is 12.6 Å². The number of carbonyl (C=O) groups excluding carboxylic acids is 1. The molecule has 0 aliphatic rings. The first-order valence-electron chi connectivity index (χ1n) is 4.58. The van der Waals surface area contributed by atoms with Gasteiger partial charge in [-0.1, -0.05) is 6.92 Å². The molecule has 0 radical (unpaired) electrons. The summed E-state index contributed by atoms with van der Waals surface area (Å²) in [7, 11) is 1.62. The zero-order valence-electron chi connectivity index (χ0n) is 8.31. The van der Waals surface area contributed by atoms with Gasteiger partial charge in [-0.3, -0.25) is 4.79 Å². The van der Waals surface area contributed by atoms with E-state index in [4.69, 9.17) is 16.3 Å². The zero-order chi connectivity index (χ0) is 10.1. The predicted molar refractivity (Wildman–Crippen MR) is 54.1 cm³/mol. The van der Waals surface area contributed by atoms with Crippen LogP contribution in [-0.4, -0.2) is 31.5 Å². The first kappa shape index (κ1) is 12.7. The summed E-state index contributed by atoms with van der Waals surface area (Å²) >= 11 is 5.59. The Morgan fingerprint density at radius 2 is 2.31 bits per heavy atom. The molecule has 0 aliphatic carbocycles. The van der Waals surface area contributed by atoms with Gasteiger partial charge in [0.1, 0.15) is 0 Å². The van der Waals surface area contributed by atoms with Crippen LogP contribution in [0.5, 0.6) is 0 Å². The molecular formula is C9H18ClNO2. The molecule has 0 aliphatic heterocycles. The summed E-state index contributed by atoms with van der Waals surface area (Å²) in [5.41, 5.74) is 0. The van der Waals surface area contributed by atoms with E-state index in [1.807, 2.05) is 6.92 Å². The molecule has 0 bridgehead atoms. The summed E-state index contributed by atoms with van der Waals surface area (Å²) in [6, 6.07) is 0.0570. The van der Waals surface area contributed by atoms with Crippen LogP contribution in [0.4, 0.5) is 0 Å². The van der Waals surface area contributed by atoms with Crippen molar-refractivity contribution in [1.82, 2.24) is 5.32 Å². The number of ether oxygens (including phenoxy) is 1. The van der Waals surface area contributed by atoms with Crippen molar-refractivity contribution in [2.24, 2.45) is 0 Å². The van der Waals surface area contributed by atoms with Crippen LogP contribution < -0.4 is 5.32 Å². The van der Waals surface area contributed by atoms with E-state index in [-0.39, 0.29) is 11.9 Å². The topological polar surface area (TPSA) is 38.3 Å². The Balaban J connectivity index is 3.71. The number of carbonyl (C=O) groups is 1. The van der Waals surface area contributed by atoms with Gasteiger partial charge >= 0.3 is 0 Å². The smallest absolute Gasteiger partial charge is 0.220 e. The minimum Gasteiger partial charge on any atom is -0.383 e. The maximum absolute atomic E-state index is 11.2. The summed E-state index contributed by atoms with van der Waals surface area (Å²) in [5.74, 6) is 0.620. The minimum absolute atomic E-state index is 0.0570. The lowest BCUT2D eigenvalue weighted by Crippen LogP contribution is -2.38. The number of amides is 1. The average Bonchev–Trinajstić information content (AvgIpc) is 2.05. The lowest BCUT2D eigenvalue weighted by Gasteiger charge is -2.16. The molecule has 0 aromatic heterocycles. The Hall–Kier alpha value is -0.280. The molecule has 78 valence electrons. The van der Waals surface area contributed by atoms with E-state index in [9.17, 15) is 4.79 Å². The van der Waals surface area contributed by atoms with E-state index < -0.39 is 0 Å². The van der Waals surface area contributed by atoms with Gasteiger partial charge in [0.15, 0.2) is 0 Å². The SMILES string of the molecule is CCCC(=O)NC(CCCl)COC. The summed E-state index contributed by atoms with van der Waals surface area (Å²) in [6.45, 7) is 2.51. The highest BCUT2D eigenvalue weighted by molar-refractivity contribution is 6.17. The van der Waals surface area contributed by atoms with Gasteiger partial charge in [0.2, 0.25) is 5.91 Å². The first-order chi connectivity index (χ1) is 6.24. The van der Waals surface area contributed by atoms with Crippen LogP contribution in [0.2, 0.25) is 0 Å². The highest BCUT2D eigenvalue weighted by atomic mass is 35.5. The molecule has 1 N–H and O–H groups in total. The highest BCUT2D eigenvalue weighted by Crippen LogP contribution is 1.97. The number of rotatable bonds is 7. The van der Waals surface area contributed by atoms with E-state index in [1.165, 1.54) is 0 Å². The van der Waals surface area contributed by atoms with Crippen LogP contribution in [0, 0.1) is 0 Å². The van der Waals surface area contributed by atoms with Crippen molar-refractivity contribution in [3.05, 3.63) is 0 Å². The number of nitrogens with one attached hydrogen (secondary N) is 1. The average molecular weight is 208 g/mol. The van der Waals surface area contributed by atoms with E-state index >= 15 is 0 Å². The van der Waals surface area contributed by atoms with E-state index in [0.717, 1.165) is 12.8 Å². The fourth-order valence-corrected chi connectivity index (χ4v) is 1.32. The largest absolute Gasteiger partial charge is 0.383 e. The normalized spacial score (nSPS) is 12.5. The van der Waals surface area contributed by atoms with Crippen LogP contribution in [0.3, 0.4) is 0 Å². The van der Waals surface area contributed by atoms with Crippen molar-refractivity contribution in [2.75, 3.05) is 19.6 Å². The first-order valence-corrected chi connectivity index (χ1v) is 5.12. The molecule has 1 amide bonds. The maximum Gasteiger partial charge on any atom is 0.220 e. The van der Waals surface area contributed by atoms with Gasteiger partial charge in [0, 0.05) is 19.4 Å². The van der Waals surface area contributed by atoms with Crippen LogP contribution in [0.1, 0.15) is 26.2 Å². The molecule has 0 rings (SSSR count). The Labute approximate surface area is 84.8 Å². The maximum atomic E-state index is 11.2. The van der Waals surface area contributed by atoms with E-state index in [2.05, 4.69) is 5.32 Å². The molecule has 0 fully saturated rings. The third kappa shape index (κ3) is 6.84. The van der Waals surface area contributed by atoms with Gasteiger partial charge in [-0.2, -0.15) is 0 Å². The molecule has 0 spiro atoms. The predicted octanol–water partition coefficient (Wildman–Crippen LogP) is 1.55. The molecule has 4 heteroatoms. The molecular weight excluding hydrogens is 190 g/mol. The zero-order valence-corrected chi connectivity index (χ0v) is 9.06. The van der Waals surface area contributed by atoms with Crippen molar-refractivity contribution in [1.29, 1.82) is 0 Å². The van der Waals surface area contributed by atoms with Crippen molar-refractivity contribution in [2.45, 2.75) is 32.2 Å². The quantitative estimate of drug-likeness (QED) is 0.644. The van der Waals surface area contributed by atoms with Gasteiger partial charge in [-0.15, -0.1) is 11.6 Å². The second-order valence-electron chi connectivity index (χ2n) is 2.95. The Bertz CT molecular complexity index is 136. The standard InChI is InChI=1S/C9H18ClNO2/c1-3-4-9(12)11-8(5-6-10)7-13-2/h8H,3-7H2,1-2H3,(H,11,12). The third-order valence-electron chi connectivity index (χ3n) is 1.67. The lowest BCUT2D eigenvalue weighted by atomic mass is 10.2. The lowest BCUT2D eigenvalue weighted by molar-refractivity contribution is -0.122. The molecule has 13 heavy (non-hydrogen) atoms. The van der Waals surface area contributed by atoms with Crippen molar-refractivity contribution in [3.8, 4) is 0 Å². The molecule has 0 aromatic rings. The van der Waals surface area contributed by atoms with Crippen LogP contribution >= 0.6 is 11.6 Å². The summed E-state index contributed by atoms with van der Waals surface area (Å²) in [6.07, 6.45) is 2.19. The molecule has 0 saturated carbocycles. The molecule has 1 unspecified atom stereocenters. The van der Waals surface area contributed by atoms with Crippen LogP contribution in [0.15, 0.2) is 0 Å². The number of halogens is 1. The Kier molecular flexibility index (Phi) is 8.14. The molecule has 0 saturated heterocycles. The van der Waals surface area contributed by atoms with E-state index in [1.54, 1.807) is 7.11 Å². The van der Waals surface area contributed by atoms with Gasteiger partial charge in [-0.25, -0.2) is 0 Å². The van der Waals surface area contributed by atoms with Gasteiger partial charge in [0.25, 0.3) is 0 Å². The van der Waals surface area contributed by atoms with Crippen LogP contribution in [0.25, 0.3) is 0 Å². The Morgan fingerprint density at radius 3 is 2.77 bits per heavy atom. The van der Waals surface area contributed by atoms with Crippen molar-refractivity contribution < 1.29 is 9.53 Å². The number of hydrogen-bond acceptors (Lipinski definition) is 2. The highest BCUT2D eigenvalue weighted by Gasteiger charge is 2.10. The fraction of sp³-hybridized carbons (Fsp3) is 0.889. The second-order valence-corrected chi connectivity index (χ2v) is 3.33. The summed E-state index contributed by atoms with van der Waals surface area (Å²) < 4.78 is 4.96. The van der Waals surface area contributed by atoms with Crippen LogP contribution in [-0.2, 0) is 9.53 Å². The van der Waals surface area contributed by atoms with E-state index in [0.29, 0.717) is 18.9 Å². The van der Waals surface area contributed by atoms with Crippen molar-refractivity contribution in [3.63, 3.8) is 0 Å². The second kappa shape index (κ2) is 8.32. The molecule has 0 aromatic carbocycles. The Morgan fingerprint density at radius 1 is 1.62 bits per heavy atom. The molecule has 3 nitrogen and oxygen atoms in total.